The number of benzene rings is 2. The van der Waals surface area contributed by atoms with E-state index in [2.05, 4.69) is 5.32 Å². The second kappa shape index (κ2) is 6.12. The number of ether oxygens (including phenoxy) is 2. The fraction of sp³-hybridized carbons (Fsp3) is 0.105. The Balaban J connectivity index is 1.52. The van der Waals surface area contributed by atoms with E-state index in [1.54, 1.807) is 0 Å². The van der Waals surface area contributed by atoms with E-state index in [4.69, 9.17) is 13.9 Å². The van der Waals surface area contributed by atoms with Crippen molar-refractivity contribution < 1.29 is 18.7 Å². The second-order valence-corrected chi connectivity index (χ2v) is 5.38. The van der Waals surface area contributed by atoms with E-state index >= 15 is 0 Å². The van der Waals surface area contributed by atoms with Crippen LogP contribution < -0.4 is 5.32 Å². The number of carbonyl (C=O) groups is 1. The lowest BCUT2D eigenvalue weighted by molar-refractivity contribution is -0.117. The highest BCUT2D eigenvalue weighted by Gasteiger charge is 2.15. The van der Waals surface area contributed by atoms with Crippen LogP contribution in [0.3, 0.4) is 0 Å². The minimum Gasteiger partial charge on any atom is -0.494 e. The van der Waals surface area contributed by atoms with Gasteiger partial charge in [0.2, 0.25) is 5.76 Å². The van der Waals surface area contributed by atoms with Gasteiger partial charge in [-0.05, 0) is 36.4 Å². The van der Waals surface area contributed by atoms with Crippen molar-refractivity contribution in [3.8, 4) is 11.3 Å². The van der Waals surface area contributed by atoms with Crippen molar-refractivity contribution in [1.29, 1.82) is 0 Å². The number of hydrogen-bond acceptors (Lipinski definition) is 4. The maximum Gasteiger partial charge on any atom is 0.294 e. The standard InChI is InChI=1S/C19H15NO4/c21-19(18-12-22-9-10-23-18)20-15-7-5-13(6-8-15)17-11-14-3-1-2-4-16(14)24-17/h1-8,11-12H,9-10H2,(H,20,21). The fourth-order valence-electron chi connectivity index (χ4n) is 2.52. The first-order valence-corrected chi connectivity index (χ1v) is 7.64. The molecule has 3 aromatic rings. The molecule has 2 aromatic carbocycles. The van der Waals surface area contributed by atoms with Gasteiger partial charge in [0.05, 0.1) is 0 Å². The highest BCUT2D eigenvalue weighted by molar-refractivity contribution is 6.02. The predicted molar refractivity (Wildman–Crippen MR) is 90.3 cm³/mol. The molecule has 4 rings (SSSR count). The maximum absolute atomic E-state index is 12.0. The summed E-state index contributed by atoms with van der Waals surface area (Å²) in [5, 5.41) is 3.84. The van der Waals surface area contributed by atoms with Crippen LogP contribution in [0.2, 0.25) is 0 Å². The van der Waals surface area contributed by atoms with Crippen molar-refractivity contribution in [1.82, 2.24) is 0 Å². The van der Waals surface area contributed by atoms with E-state index in [0.29, 0.717) is 18.9 Å². The summed E-state index contributed by atoms with van der Waals surface area (Å²) in [5.41, 5.74) is 2.47. The van der Waals surface area contributed by atoms with E-state index in [1.807, 2.05) is 54.6 Å². The first-order chi connectivity index (χ1) is 11.8. The Morgan fingerprint density at radius 2 is 1.83 bits per heavy atom. The Bertz CT molecular complexity index is 876. The number of para-hydroxylation sites is 1. The molecular weight excluding hydrogens is 306 g/mol. The molecule has 0 spiro atoms. The van der Waals surface area contributed by atoms with Gasteiger partial charge in [0.25, 0.3) is 5.91 Å². The fourth-order valence-corrected chi connectivity index (χ4v) is 2.52. The van der Waals surface area contributed by atoms with Crippen LogP contribution >= 0.6 is 0 Å². The highest BCUT2D eigenvalue weighted by Crippen LogP contribution is 2.28. The van der Waals surface area contributed by atoms with Gasteiger partial charge in [-0.25, -0.2) is 0 Å². The number of rotatable bonds is 3. The zero-order valence-electron chi connectivity index (χ0n) is 12.8. The lowest BCUT2D eigenvalue weighted by Crippen LogP contribution is -2.21. The molecule has 1 aromatic heterocycles. The van der Waals surface area contributed by atoms with E-state index < -0.39 is 0 Å². The van der Waals surface area contributed by atoms with Crippen LogP contribution in [0, 0.1) is 0 Å². The van der Waals surface area contributed by atoms with Gasteiger partial charge >= 0.3 is 0 Å². The molecule has 0 atom stereocenters. The van der Waals surface area contributed by atoms with Crippen molar-refractivity contribution >= 4 is 22.6 Å². The molecule has 0 aliphatic carbocycles. The molecule has 5 heteroatoms. The molecule has 120 valence electrons. The molecule has 1 amide bonds. The van der Waals surface area contributed by atoms with Gasteiger partial charge in [0, 0.05) is 16.6 Å². The molecule has 24 heavy (non-hydrogen) atoms. The number of fused-ring (bicyclic) bond motifs is 1. The molecule has 1 aliphatic rings. The molecule has 1 N–H and O–H groups in total. The van der Waals surface area contributed by atoms with Crippen molar-refractivity contribution in [3.05, 3.63) is 66.6 Å². The van der Waals surface area contributed by atoms with Gasteiger partial charge in [-0.1, -0.05) is 18.2 Å². The van der Waals surface area contributed by atoms with Crippen LogP contribution in [-0.2, 0) is 14.3 Å². The van der Waals surface area contributed by atoms with Crippen LogP contribution in [0.1, 0.15) is 0 Å². The van der Waals surface area contributed by atoms with Gasteiger partial charge in [0.1, 0.15) is 30.8 Å². The molecule has 5 nitrogen and oxygen atoms in total. The summed E-state index contributed by atoms with van der Waals surface area (Å²) in [6, 6.07) is 17.3. The van der Waals surface area contributed by atoms with Crippen molar-refractivity contribution in [2.75, 3.05) is 18.5 Å². The molecule has 0 saturated carbocycles. The van der Waals surface area contributed by atoms with E-state index in [-0.39, 0.29) is 11.7 Å². The quantitative estimate of drug-likeness (QED) is 0.794. The minimum absolute atomic E-state index is 0.183. The summed E-state index contributed by atoms with van der Waals surface area (Å²) >= 11 is 0. The Hall–Kier alpha value is -3.21. The first kappa shape index (κ1) is 14.4. The van der Waals surface area contributed by atoms with Gasteiger partial charge in [-0.2, -0.15) is 0 Å². The monoisotopic (exact) mass is 321 g/mol. The van der Waals surface area contributed by atoms with Gasteiger partial charge in [-0.15, -0.1) is 0 Å². The Morgan fingerprint density at radius 3 is 2.58 bits per heavy atom. The van der Waals surface area contributed by atoms with Crippen LogP contribution in [-0.4, -0.2) is 19.1 Å². The van der Waals surface area contributed by atoms with Crippen LogP contribution in [0.15, 0.2) is 71.0 Å². The Labute approximate surface area is 138 Å². The lowest BCUT2D eigenvalue weighted by atomic mass is 10.1. The summed E-state index contributed by atoms with van der Waals surface area (Å²) in [5.74, 6) is 0.648. The summed E-state index contributed by atoms with van der Waals surface area (Å²) in [7, 11) is 0. The van der Waals surface area contributed by atoms with Crippen LogP contribution in [0.5, 0.6) is 0 Å². The maximum atomic E-state index is 12.0. The van der Waals surface area contributed by atoms with E-state index in [9.17, 15) is 4.79 Å². The number of anilines is 1. The smallest absolute Gasteiger partial charge is 0.294 e. The molecule has 0 unspecified atom stereocenters. The summed E-state index contributed by atoms with van der Waals surface area (Å²) in [6.07, 6.45) is 1.33. The van der Waals surface area contributed by atoms with Crippen molar-refractivity contribution in [3.63, 3.8) is 0 Å². The average Bonchev–Trinajstić information content (AvgIpc) is 3.07. The number of hydrogen-bond donors (Lipinski definition) is 1. The molecule has 0 radical (unpaired) electrons. The number of furan rings is 1. The first-order valence-electron chi connectivity index (χ1n) is 7.64. The van der Waals surface area contributed by atoms with E-state index in [0.717, 1.165) is 22.3 Å². The Morgan fingerprint density at radius 1 is 1.00 bits per heavy atom. The highest BCUT2D eigenvalue weighted by atomic mass is 16.6. The molecular formula is C19H15NO4. The van der Waals surface area contributed by atoms with Crippen molar-refractivity contribution in [2.45, 2.75) is 0 Å². The van der Waals surface area contributed by atoms with Gasteiger partial charge in [-0.3, -0.25) is 4.79 Å². The zero-order valence-corrected chi connectivity index (χ0v) is 12.8. The topological polar surface area (TPSA) is 60.7 Å². The summed E-state index contributed by atoms with van der Waals surface area (Å²) in [4.78, 5) is 12.0. The zero-order chi connectivity index (χ0) is 16.4. The van der Waals surface area contributed by atoms with Crippen LogP contribution in [0.25, 0.3) is 22.3 Å². The third-order valence-corrected chi connectivity index (χ3v) is 3.73. The number of amides is 1. The number of carbonyl (C=O) groups excluding carboxylic acids is 1. The summed E-state index contributed by atoms with van der Waals surface area (Å²) < 4.78 is 16.2. The molecule has 1 aliphatic heterocycles. The number of nitrogens with one attached hydrogen (secondary N) is 1. The third kappa shape index (κ3) is 2.84. The van der Waals surface area contributed by atoms with Gasteiger partial charge < -0.3 is 19.2 Å². The SMILES string of the molecule is O=C(Nc1ccc(-c2cc3ccccc3o2)cc1)C1=COCCO1. The molecule has 2 heterocycles. The minimum atomic E-state index is -0.328. The molecule has 0 fully saturated rings. The van der Waals surface area contributed by atoms with Gasteiger partial charge in [0.15, 0.2) is 0 Å². The Kier molecular flexibility index (Phi) is 3.67. The molecule has 0 saturated heterocycles. The lowest BCUT2D eigenvalue weighted by Gasteiger charge is -2.15. The van der Waals surface area contributed by atoms with Crippen LogP contribution in [0.4, 0.5) is 5.69 Å². The van der Waals surface area contributed by atoms with Crippen molar-refractivity contribution in [2.24, 2.45) is 0 Å². The second-order valence-electron chi connectivity index (χ2n) is 5.38. The predicted octanol–water partition coefficient (Wildman–Crippen LogP) is 3.93. The largest absolute Gasteiger partial charge is 0.494 e. The normalized spacial score (nSPS) is 13.8. The molecule has 0 bridgehead atoms. The average molecular weight is 321 g/mol. The summed E-state index contributed by atoms with van der Waals surface area (Å²) in [6.45, 7) is 0.840. The third-order valence-electron chi connectivity index (χ3n) is 3.73. The van der Waals surface area contributed by atoms with E-state index in [1.165, 1.54) is 6.26 Å².